The summed E-state index contributed by atoms with van der Waals surface area (Å²) in [6.07, 6.45) is 0. The predicted octanol–water partition coefficient (Wildman–Crippen LogP) is 3.26. The summed E-state index contributed by atoms with van der Waals surface area (Å²) in [5.41, 5.74) is 1.86. The van der Waals surface area contributed by atoms with Gasteiger partial charge in [-0.05, 0) is 30.3 Å². The molecule has 1 saturated heterocycles. The zero-order valence-corrected chi connectivity index (χ0v) is 15.8. The number of methoxy groups -OCH3 is 1. The molecule has 0 saturated carbocycles. The quantitative estimate of drug-likeness (QED) is 0.703. The molecular weight excluding hydrogens is 377 g/mol. The first-order valence-corrected chi connectivity index (χ1v) is 9.15. The number of hydrogen-bond acceptors (Lipinski definition) is 6. The molecule has 1 aliphatic heterocycles. The molecule has 1 fully saturated rings. The average Bonchev–Trinajstić information content (AvgIpc) is 2.75. The number of anilines is 3. The molecule has 8 nitrogen and oxygen atoms in total. The highest BCUT2D eigenvalue weighted by Crippen LogP contribution is 2.28. The van der Waals surface area contributed by atoms with Crippen molar-refractivity contribution >= 4 is 34.3 Å². The zero-order valence-electron chi connectivity index (χ0n) is 15.8. The SMILES string of the molecule is COc1nc2ccc(NC(=O)Nc3ccccc3F)cc2nc1N1CCOCC1. The minimum Gasteiger partial charge on any atom is -0.478 e. The molecule has 4 rings (SSSR count). The molecule has 0 spiro atoms. The fourth-order valence-corrected chi connectivity index (χ4v) is 3.07. The summed E-state index contributed by atoms with van der Waals surface area (Å²) in [4.78, 5) is 23.5. The molecule has 9 heteroatoms. The van der Waals surface area contributed by atoms with Crippen LogP contribution in [0.4, 0.5) is 26.4 Å². The number of carbonyl (C=O) groups is 1. The third-order valence-electron chi connectivity index (χ3n) is 4.50. The van der Waals surface area contributed by atoms with Crippen molar-refractivity contribution in [1.29, 1.82) is 0 Å². The maximum Gasteiger partial charge on any atom is 0.323 e. The highest BCUT2D eigenvalue weighted by molar-refractivity contribution is 6.00. The van der Waals surface area contributed by atoms with Crippen LogP contribution in [0.25, 0.3) is 11.0 Å². The van der Waals surface area contributed by atoms with Gasteiger partial charge in [-0.2, -0.15) is 0 Å². The number of ether oxygens (including phenoxy) is 2. The number of amides is 2. The minimum atomic E-state index is -0.552. The van der Waals surface area contributed by atoms with Crippen LogP contribution >= 0.6 is 0 Å². The van der Waals surface area contributed by atoms with Crippen molar-refractivity contribution in [3.05, 3.63) is 48.3 Å². The molecule has 2 N–H and O–H groups in total. The van der Waals surface area contributed by atoms with E-state index in [4.69, 9.17) is 9.47 Å². The summed E-state index contributed by atoms with van der Waals surface area (Å²) in [6, 6.07) is 10.6. The van der Waals surface area contributed by atoms with E-state index in [1.807, 2.05) is 0 Å². The van der Waals surface area contributed by atoms with Crippen LogP contribution in [0.2, 0.25) is 0 Å². The standard InChI is InChI=1S/C20H20FN5O3/c1-28-19-18(26-8-10-29-11-9-26)23-17-12-13(6-7-16(17)24-19)22-20(27)25-15-5-3-2-4-14(15)21/h2-7,12H,8-11H2,1H3,(H2,22,25,27). The number of nitrogens with one attached hydrogen (secondary N) is 2. The number of carbonyl (C=O) groups excluding carboxylic acids is 1. The first-order chi connectivity index (χ1) is 14.1. The molecule has 0 bridgehead atoms. The van der Waals surface area contributed by atoms with Crippen molar-refractivity contribution in [2.45, 2.75) is 0 Å². The van der Waals surface area contributed by atoms with Crippen LogP contribution in [0.1, 0.15) is 0 Å². The monoisotopic (exact) mass is 397 g/mol. The highest BCUT2D eigenvalue weighted by atomic mass is 19.1. The van der Waals surface area contributed by atoms with E-state index in [0.29, 0.717) is 54.7 Å². The molecule has 3 aromatic rings. The summed E-state index contributed by atoms with van der Waals surface area (Å²) >= 11 is 0. The largest absolute Gasteiger partial charge is 0.478 e. The molecule has 2 amide bonds. The summed E-state index contributed by atoms with van der Waals surface area (Å²) in [5.74, 6) is 0.572. The lowest BCUT2D eigenvalue weighted by Crippen LogP contribution is -2.37. The highest BCUT2D eigenvalue weighted by Gasteiger charge is 2.19. The number of benzene rings is 2. The molecular formula is C20H20FN5O3. The Morgan fingerprint density at radius 1 is 1.10 bits per heavy atom. The second-order valence-electron chi connectivity index (χ2n) is 6.42. The van der Waals surface area contributed by atoms with Gasteiger partial charge in [-0.15, -0.1) is 0 Å². The summed E-state index contributed by atoms with van der Waals surface area (Å²) < 4.78 is 24.5. The van der Waals surface area contributed by atoms with E-state index >= 15 is 0 Å². The van der Waals surface area contributed by atoms with E-state index in [2.05, 4.69) is 25.5 Å². The molecule has 0 atom stereocenters. The van der Waals surface area contributed by atoms with Gasteiger partial charge in [0.2, 0.25) is 0 Å². The first kappa shape index (κ1) is 18.9. The number of hydrogen-bond donors (Lipinski definition) is 2. The Morgan fingerprint density at radius 3 is 2.66 bits per heavy atom. The summed E-state index contributed by atoms with van der Waals surface area (Å²) in [6.45, 7) is 2.61. The molecule has 0 unspecified atom stereocenters. The van der Waals surface area contributed by atoms with Crippen molar-refractivity contribution in [3.8, 4) is 5.88 Å². The Kier molecular flexibility index (Phi) is 5.39. The minimum absolute atomic E-state index is 0.102. The Bertz CT molecular complexity index is 1040. The van der Waals surface area contributed by atoms with Crippen LogP contribution in [-0.4, -0.2) is 49.4 Å². The first-order valence-electron chi connectivity index (χ1n) is 9.15. The fraction of sp³-hybridized carbons (Fsp3) is 0.250. The van der Waals surface area contributed by atoms with Gasteiger partial charge in [0.15, 0.2) is 5.82 Å². The summed E-state index contributed by atoms with van der Waals surface area (Å²) in [5, 5.41) is 5.17. The van der Waals surface area contributed by atoms with Crippen molar-refractivity contribution in [1.82, 2.24) is 9.97 Å². The van der Waals surface area contributed by atoms with E-state index in [1.165, 1.54) is 12.1 Å². The number of morpholine rings is 1. The fourth-order valence-electron chi connectivity index (χ4n) is 3.07. The van der Waals surface area contributed by atoms with Crippen LogP contribution in [0.5, 0.6) is 5.88 Å². The van der Waals surface area contributed by atoms with Crippen LogP contribution in [0, 0.1) is 5.82 Å². The lowest BCUT2D eigenvalue weighted by atomic mass is 10.2. The smallest absolute Gasteiger partial charge is 0.323 e. The van der Waals surface area contributed by atoms with E-state index < -0.39 is 11.8 Å². The zero-order chi connectivity index (χ0) is 20.2. The van der Waals surface area contributed by atoms with E-state index in [9.17, 15) is 9.18 Å². The number of urea groups is 1. The molecule has 2 aromatic carbocycles. The van der Waals surface area contributed by atoms with E-state index in [0.717, 1.165) is 0 Å². The third kappa shape index (κ3) is 4.19. The van der Waals surface area contributed by atoms with Gasteiger partial charge in [0.25, 0.3) is 5.88 Å². The number of nitrogens with zero attached hydrogens (tertiary/aromatic N) is 3. The number of para-hydroxylation sites is 1. The average molecular weight is 397 g/mol. The van der Waals surface area contributed by atoms with Gasteiger partial charge in [0, 0.05) is 18.8 Å². The van der Waals surface area contributed by atoms with Crippen LogP contribution < -0.4 is 20.3 Å². The van der Waals surface area contributed by atoms with Crippen molar-refractivity contribution in [3.63, 3.8) is 0 Å². The van der Waals surface area contributed by atoms with E-state index in [-0.39, 0.29) is 5.69 Å². The topological polar surface area (TPSA) is 88.6 Å². The van der Waals surface area contributed by atoms with Crippen molar-refractivity contribution < 1.29 is 18.7 Å². The van der Waals surface area contributed by atoms with Crippen molar-refractivity contribution in [2.75, 3.05) is 48.9 Å². The van der Waals surface area contributed by atoms with Gasteiger partial charge in [-0.25, -0.2) is 19.2 Å². The maximum atomic E-state index is 13.7. The van der Waals surface area contributed by atoms with Gasteiger partial charge in [0.1, 0.15) is 5.82 Å². The molecule has 1 aromatic heterocycles. The van der Waals surface area contributed by atoms with Gasteiger partial charge in [0.05, 0.1) is 37.0 Å². The van der Waals surface area contributed by atoms with Gasteiger partial charge >= 0.3 is 6.03 Å². The van der Waals surface area contributed by atoms with Crippen LogP contribution in [-0.2, 0) is 4.74 Å². The molecule has 0 aliphatic carbocycles. The lowest BCUT2D eigenvalue weighted by Gasteiger charge is -2.28. The summed E-state index contributed by atoms with van der Waals surface area (Å²) in [7, 11) is 1.56. The molecule has 29 heavy (non-hydrogen) atoms. The van der Waals surface area contributed by atoms with Gasteiger partial charge < -0.3 is 25.0 Å². The normalized spacial score (nSPS) is 13.9. The second-order valence-corrected chi connectivity index (χ2v) is 6.42. The molecule has 2 heterocycles. The number of rotatable bonds is 4. The Balaban J connectivity index is 1.57. The second kappa shape index (κ2) is 8.27. The molecule has 0 radical (unpaired) electrons. The Morgan fingerprint density at radius 2 is 1.90 bits per heavy atom. The van der Waals surface area contributed by atoms with E-state index in [1.54, 1.807) is 37.4 Å². The van der Waals surface area contributed by atoms with Gasteiger partial charge in [-0.3, -0.25) is 0 Å². The molecule has 1 aliphatic rings. The van der Waals surface area contributed by atoms with Crippen molar-refractivity contribution in [2.24, 2.45) is 0 Å². The van der Waals surface area contributed by atoms with Crippen LogP contribution in [0.15, 0.2) is 42.5 Å². The number of aromatic nitrogens is 2. The third-order valence-corrected chi connectivity index (χ3v) is 4.50. The maximum absolute atomic E-state index is 13.7. The van der Waals surface area contributed by atoms with Crippen LogP contribution in [0.3, 0.4) is 0 Å². The number of halogens is 1. The lowest BCUT2D eigenvalue weighted by molar-refractivity contribution is 0.122. The number of fused-ring (bicyclic) bond motifs is 1. The Labute approximate surface area is 166 Å². The molecule has 150 valence electrons. The predicted molar refractivity (Wildman–Crippen MR) is 108 cm³/mol. The Hall–Kier alpha value is -3.46. The van der Waals surface area contributed by atoms with Gasteiger partial charge in [-0.1, -0.05) is 12.1 Å².